The Morgan fingerprint density at radius 2 is 2.11 bits per heavy atom. The number of carbonyl (C=O) groups is 1. The topological polar surface area (TPSA) is 76.0 Å². The van der Waals surface area contributed by atoms with Crippen LogP contribution in [0, 0.1) is 0 Å². The molecular formula is C13H13N3O2S. The van der Waals surface area contributed by atoms with Gasteiger partial charge in [-0.25, -0.2) is 19.7 Å². The van der Waals surface area contributed by atoms with Crippen LogP contribution in [-0.2, 0) is 0 Å². The Morgan fingerprint density at radius 1 is 1.32 bits per heavy atom. The molecule has 6 heteroatoms. The van der Waals surface area contributed by atoms with E-state index in [1.54, 1.807) is 18.5 Å². The van der Waals surface area contributed by atoms with Crippen molar-refractivity contribution in [3.05, 3.63) is 42.1 Å². The molecule has 19 heavy (non-hydrogen) atoms. The molecule has 0 unspecified atom stereocenters. The highest BCUT2D eigenvalue weighted by Gasteiger charge is 2.16. The molecule has 0 saturated heterocycles. The average molecular weight is 275 g/mol. The molecule has 0 fully saturated rings. The number of rotatable bonds is 4. The Balaban J connectivity index is 2.37. The molecule has 2 aromatic rings. The summed E-state index contributed by atoms with van der Waals surface area (Å²) < 4.78 is 0. The number of carboxylic acids is 1. The third-order valence-corrected chi connectivity index (χ3v) is 3.31. The van der Waals surface area contributed by atoms with Crippen molar-refractivity contribution >= 4 is 17.7 Å². The van der Waals surface area contributed by atoms with Crippen LogP contribution in [-0.4, -0.2) is 26.0 Å². The van der Waals surface area contributed by atoms with Gasteiger partial charge in [0, 0.05) is 18.3 Å². The molecule has 0 saturated carbocycles. The molecule has 5 nitrogen and oxygen atoms in total. The van der Waals surface area contributed by atoms with Crippen LogP contribution in [0.3, 0.4) is 0 Å². The monoisotopic (exact) mass is 275 g/mol. The maximum atomic E-state index is 11.3. The highest BCUT2D eigenvalue weighted by atomic mass is 32.2. The summed E-state index contributed by atoms with van der Waals surface area (Å²) >= 11 is 1.25. The van der Waals surface area contributed by atoms with Crippen molar-refractivity contribution in [3.63, 3.8) is 0 Å². The summed E-state index contributed by atoms with van der Waals surface area (Å²) in [6.45, 7) is 3.85. The van der Waals surface area contributed by atoms with Crippen LogP contribution < -0.4 is 0 Å². The molecule has 2 aromatic heterocycles. The molecule has 0 spiro atoms. The first-order valence-corrected chi connectivity index (χ1v) is 6.58. The molecule has 2 heterocycles. The first-order chi connectivity index (χ1) is 9.08. The summed E-state index contributed by atoms with van der Waals surface area (Å²) in [5.74, 6) is -0.433. The molecule has 0 aromatic carbocycles. The first-order valence-electron chi connectivity index (χ1n) is 5.77. The van der Waals surface area contributed by atoms with Crippen molar-refractivity contribution in [2.24, 2.45) is 0 Å². The third kappa shape index (κ3) is 3.29. The van der Waals surface area contributed by atoms with Gasteiger partial charge in [-0.3, -0.25) is 0 Å². The molecular weight excluding hydrogens is 262 g/mol. The summed E-state index contributed by atoms with van der Waals surface area (Å²) in [7, 11) is 0. The lowest BCUT2D eigenvalue weighted by molar-refractivity contribution is 0.0685. The molecule has 0 aliphatic rings. The Morgan fingerprint density at radius 3 is 2.68 bits per heavy atom. The summed E-state index contributed by atoms with van der Waals surface area (Å²) in [4.78, 5) is 24.2. The minimum absolute atomic E-state index is 0.0225. The van der Waals surface area contributed by atoms with Gasteiger partial charge in [0.05, 0.1) is 4.90 Å². The largest absolute Gasteiger partial charge is 0.476 e. The fourth-order valence-corrected chi connectivity index (χ4v) is 2.23. The van der Waals surface area contributed by atoms with Gasteiger partial charge in [0.2, 0.25) is 0 Å². The number of pyridine rings is 1. The minimum Gasteiger partial charge on any atom is -0.476 e. The fraction of sp³-hybridized carbons (Fsp3) is 0.231. The Kier molecular flexibility index (Phi) is 4.11. The van der Waals surface area contributed by atoms with Gasteiger partial charge >= 0.3 is 5.97 Å². The normalized spacial score (nSPS) is 10.7. The average Bonchev–Trinajstić information content (AvgIpc) is 2.39. The third-order valence-electron chi connectivity index (χ3n) is 2.35. The van der Waals surface area contributed by atoms with E-state index in [9.17, 15) is 9.90 Å². The van der Waals surface area contributed by atoms with Crippen molar-refractivity contribution in [2.75, 3.05) is 0 Å². The zero-order chi connectivity index (χ0) is 13.8. The van der Waals surface area contributed by atoms with Crippen LogP contribution in [0.25, 0.3) is 0 Å². The van der Waals surface area contributed by atoms with Gasteiger partial charge in [-0.2, -0.15) is 0 Å². The number of hydrogen-bond acceptors (Lipinski definition) is 5. The van der Waals surface area contributed by atoms with Crippen molar-refractivity contribution in [2.45, 2.75) is 29.7 Å². The second-order valence-electron chi connectivity index (χ2n) is 4.17. The maximum Gasteiger partial charge on any atom is 0.355 e. The second kappa shape index (κ2) is 5.79. The standard InChI is InChI=1S/C13H13N3O2S/c1-8(2)12-15-7-9(11(16-12)13(17)18)19-10-5-3-4-6-14-10/h3-8H,1-2H3,(H,17,18). The molecule has 0 aliphatic heterocycles. The zero-order valence-electron chi connectivity index (χ0n) is 10.6. The van der Waals surface area contributed by atoms with Crippen LogP contribution >= 0.6 is 11.8 Å². The number of aromatic carboxylic acids is 1. The van der Waals surface area contributed by atoms with Crippen LogP contribution in [0.5, 0.6) is 0 Å². The number of nitrogens with zero attached hydrogens (tertiary/aromatic N) is 3. The van der Waals surface area contributed by atoms with Gasteiger partial charge in [-0.05, 0) is 12.1 Å². The van der Waals surface area contributed by atoms with Crippen LogP contribution in [0.15, 0.2) is 40.5 Å². The van der Waals surface area contributed by atoms with E-state index < -0.39 is 5.97 Å². The van der Waals surface area contributed by atoms with Crippen molar-refractivity contribution in [1.29, 1.82) is 0 Å². The van der Waals surface area contributed by atoms with E-state index in [0.717, 1.165) is 0 Å². The molecule has 0 aliphatic carbocycles. The number of aromatic nitrogens is 3. The van der Waals surface area contributed by atoms with Crippen molar-refractivity contribution in [3.8, 4) is 0 Å². The zero-order valence-corrected chi connectivity index (χ0v) is 11.4. The lowest BCUT2D eigenvalue weighted by atomic mass is 10.2. The number of carboxylic acid groups (broad SMARTS) is 1. The summed E-state index contributed by atoms with van der Waals surface area (Å²) in [6, 6.07) is 5.46. The molecule has 98 valence electrons. The van der Waals surface area contributed by atoms with Gasteiger partial charge in [0.1, 0.15) is 10.9 Å². The van der Waals surface area contributed by atoms with E-state index in [-0.39, 0.29) is 11.6 Å². The van der Waals surface area contributed by atoms with E-state index in [1.165, 1.54) is 11.8 Å². The van der Waals surface area contributed by atoms with Crippen LogP contribution in [0.4, 0.5) is 0 Å². The van der Waals surface area contributed by atoms with Crippen molar-refractivity contribution in [1.82, 2.24) is 15.0 Å². The first kappa shape index (κ1) is 13.5. The van der Waals surface area contributed by atoms with Gasteiger partial charge in [-0.1, -0.05) is 31.7 Å². The Labute approximate surface area is 115 Å². The van der Waals surface area contributed by atoms with E-state index >= 15 is 0 Å². The summed E-state index contributed by atoms with van der Waals surface area (Å²) in [6.07, 6.45) is 3.21. The van der Waals surface area contributed by atoms with Crippen LogP contribution in [0.1, 0.15) is 36.1 Å². The van der Waals surface area contributed by atoms with E-state index in [4.69, 9.17) is 0 Å². The Bertz CT molecular complexity index is 588. The quantitative estimate of drug-likeness (QED) is 0.924. The molecule has 0 atom stereocenters. The smallest absolute Gasteiger partial charge is 0.355 e. The Hall–Kier alpha value is -1.95. The maximum absolute atomic E-state index is 11.3. The minimum atomic E-state index is -1.05. The predicted octanol–water partition coefficient (Wildman–Crippen LogP) is 2.84. The highest BCUT2D eigenvalue weighted by Crippen LogP contribution is 2.28. The van der Waals surface area contributed by atoms with Crippen LogP contribution in [0.2, 0.25) is 0 Å². The predicted molar refractivity (Wildman–Crippen MR) is 71.4 cm³/mol. The molecule has 0 radical (unpaired) electrons. The van der Waals surface area contributed by atoms with Gasteiger partial charge in [-0.15, -0.1) is 0 Å². The van der Waals surface area contributed by atoms with E-state index in [1.807, 2.05) is 26.0 Å². The molecule has 2 rings (SSSR count). The second-order valence-corrected chi connectivity index (χ2v) is 5.23. The number of hydrogen-bond donors (Lipinski definition) is 1. The SMILES string of the molecule is CC(C)c1ncc(Sc2ccccn2)c(C(=O)O)n1. The highest BCUT2D eigenvalue weighted by molar-refractivity contribution is 7.99. The molecule has 0 bridgehead atoms. The molecule has 1 N–H and O–H groups in total. The van der Waals surface area contributed by atoms with Crippen molar-refractivity contribution < 1.29 is 9.90 Å². The van der Waals surface area contributed by atoms with Gasteiger partial charge in [0.15, 0.2) is 5.69 Å². The fourth-order valence-electron chi connectivity index (χ4n) is 1.41. The lowest BCUT2D eigenvalue weighted by Crippen LogP contribution is -2.08. The molecule has 0 amide bonds. The van der Waals surface area contributed by atoms with E-state index in [0.29, 0.717) is 15.7 Å². The summed E-state index contributed by atoms with van der Waals surface area (Å²) in [5, 5.41) is 9.94. The summed E-state index contributed by atoms with van der Waals surface area (Å²) in [5.41, 5.74) is 0.0225. The van der Waals surface area contributed by atoms with Gasteiger partial charge in [0.25, 0.3) is 0 Å². The lowest BCUT2D eigenvalue weighted by Gasteiger charge is -2.08. The van der Waals surface area contributed by atoms with E-state index in [2.05, 4.69) is 15.0 Å². The van der Waals surface area contributed by atoms with Gasteiger partial charge < -0.3 is 5.11 Å².